The summed E-state index contributed by atoms with van der Waals surface area (Å²) in [6, 6.07) is 19.6. The van der Waals surface area contributed by atoms with Crippen LogP contribution in [-0.4, -0.2) is 39.0 Å². The van der Waals surface area contributed by atoms with E-state index in [4.69, 9.17) is 4.74 Å². The van der Waals surface area contributed by atoms with E-state index < -0.39 is 0 Å². The van der Waals surface area contributed by atoms with Crippen LogP contribution in [-0.2, 0) is 0 Å². The molecular weight excluding hydrogens is 376 g/mol. The molecule has 1 unspecified atom stereocenters. The number of fused-ring (bicyclic) bond motifs is 1. The Balaban J connectivity index is 1.42. The standard InChI is InChI=1S/C24H22N4O2/c1-30-22-11-5-2-7-18(22)20-10-6-14-27(20)24(29)17-12-13-23(25-15-17)28-16-26-19-8-3-4-9-21(19)28/h2-5,7-9,11-13,15-16,20H,6,10,14H2,1H3. The highest BCUT2D eigenvalue weighted by atomic mass is 16.5. The monoisotopic (exact) mass is 398 g/mol. The molecule has 0 aliphatic carbocycles. The maximum Gasteiger partial charge on any atom is 0.255 e. The van der Waals surface area contributed by atoms with Crippen LogP contribution in [0.3, 0.4) is 0 Å². The number of benzene rings is 2. The molecule has 0 spiro atoms. The number of imidazole rings is 1. The topological polar surface area (TPSA) is 60.2 Å². The molecule has 1 aliphatic heterocycles. The van der Waals surface area contributed by atoms with Crippen molar-refractivity contribution in [2.24, 2.45) is 0 Å². The molecule has 30 heavy (non-hydrogen) atoms. The number of amides is 1. The third kappa shape index (κ3) is 3.10. The second-order valence-corrected chi connectivity index (χ2v) is 7.41. The number of para-hydroxylation sites is 3. The first-order valence-corrected chi connectivity index (χ1v) is 10.1. The lowest BCUT2D eigenvalue weighted by molar-refractivity contribution is 0.0734. The zero-order valence-corrected chi connectivity index (χ0v) is 16.7. The van der Waals surface area contributed by atoms with E-state index in [1.165, 1.54) is 0 Å². The Morgan fingerprint density at radius 1 is 1.03 bits per heavy atom. The first-order chi connectivity index (χ1) is 14.8. The van der Waals surface area contributed by atoms with Crippen molar-refractivity contribution in [1.82, 2.24) is 19.4 Å². The number of rotatable bonds is 4. The van der Waals surface area contributed by atoms with Gasteiger partial charge in [0, 0.05) is 18.3 Å². The second-order valence-electron chi connectivity index (χ2n) is 7.41. The van der Waals surface area contributed by atoms with E-state index >= 15 is 0 Å². The van der Waals surface area contributed by atoms with Crippen LogP contribution in [0.1, 0.15) is 34.8 Å². The van der Waals surface area contributed by atoms with Crippen LogP contribution in [0, 0.1) is 0 Å². The first kappa shape index (κ1) is 18.4. The molecule has 6 nitrogen and oxygen atoms in total. The van der Waals surface area contributed by atoms with E-state index in [2.05, 4.69) is 9.97 Å². The minimum absolute atomic E-state index is 0.00190. The van der Waals surface area contributed by atoms with Crippen LogP contribution in [0.4, 0.5) is 0 Å². The normalized spacial score (nSPS) is 16.2. The molecule has 1 aliphatic rings. The predicted molar refractivity (Wildman–Crippen MR) is 115 cm³/mol. The first-order valence-electron chi connectivity index (χ1n) is 10.1. The summed E-state index contributed by atoms with van der Waals surface area (Å²) in [4.78, 5) is 24.2. The third-order valence-electron chi connectivity index (χ3n) is 5.71. The lowest BCUT2D eigenvalue weighted by Gasteiger charge is -2.26. The number of aromatic nitrogens is 3. The summed E-state index contributed by atoms with van der Waals surface area (Å²) in [5.74, 6) is 1.56. The van der Waals surface area contributed by atoms with Crippen LogP contribution in [0.2, 0.25) is 0 Å². The number of nitrogens with zero attached hydrogens (tertiary/aromatic N) is 4. The molecule has 0 N–H and O–H groups in total. The van der Waals surface area contributed by atoms with E-state index in [9.17, 15) is 4.79 Å². The molecular formula is C24H22N4O2. The summed E-state index contributed by atoms with van der Waals surface area (Å²) in [6.07, 6.45) is 5.32. The van der Waals surface area contributed by atoms with Gasteiger partial charge in [-0.25, -0.2) is 9.97 Å². The van der Waals surface area contributed by atoms with Gasteiger partial charge < -0.3 is 9.64 Å². The Morgan fingerprint density at radius 3 is 2.70 bits per heavy atom. The van der Waals surface area contributed by atoms with Crippen molar-refractivity contribution < 1.29 is 9.53 Å². The SMILES string of the molecule is COc1ccccc1C1CCCN1C(=O)c1ccc(-n2cnc3ccccc32)nc1. The van der Waals surface area contributed by atoms with E-state index in [1.807, 2.05) is 70.1 Å². The summed E-state index contributed by atoms with van der Waals surface area (Å²) in [6.45, 7) is 0.732. The lowest BCUT2D eigenvalue weighted by Crippen LogP contribution is -2.30. The summed E-state index contributed by atoms with van der Waals surface area (Å²) in [5, 5.41) is 0. The second kappa shape index (κ2) is 7.63. The van der Waals surface area contributed by atoms with Crippen LogP contribution < -0.4 is 4.74 Å². The molecule has 2 aromatic heterocycles. The summed E-state index contributed by atoms with van der Waals surface area (Å²) in [7, 11) is 1.67. The molecule has 1 fully saturated rings. The fraction of sp³-hybridized carbons (Fsp3) is 0.208. The van der Waals surface area contributed by atoms with Crippen LogP contribution in [0.25, 0.3) is 16.9 Å². The zero-order valence-electron chi connectivity index (χ0n) is 16.7. The van der Waals surface area contributed by atoms with Crippen molar-refractivity contribution >= 4 is 16.9 Å². The van der Waals surface area contributed by atoms with Gasteiger partial charge in [-0.2, -0.15) is 0 Å². The number of carbonyl (C=O) groups excluding carboxylic acids is 1. The molecule has 2 aromatic carbocycles. The Hall–Kier alpha value is -3.67. The zero-order chi connectivity index (χ0) is 20.5. The van der Waals surface area contributed by atoms with E-state index in [0.717, 1.165) is 47.6 Å². The van der Waals surface area contributed by atoms with Crippen molar-refractivity contribution in [2.45, 2.75) is 18.9 Å². The van der Waals surface area contributed by atoms with Gasteiger partial charge in [-0.1, -0.05) is 30.3 Å². The Bertz CT molecular complexity index is 1200. The lowest BCUT2D eigenvalue weighted by atomic mass is 10.0. The highest BCUT2D eigenvalue weighted by molar-refractivity contribution is 5.94. The number of likely N-dealkylation sites (tertiary alicyclic amines) is 1. The summed E-state index contributed by atoms with van der Waals surface area (Å²) < 4.78 is 7.45. The van der Waals surface area contributed by atoms with E-state index in [0.29, 0.717) is 5.56 Å². The predicted octanol–water partition coefficient (Wildman–Crippen LogP) is 4.41. The fourth-order valence-corrected chi connectivity index (χ4v) is 4.24. The van der Waals surface area contributed by atoms with Gasteiger partial charge >= 0.3 is 0 Å². The van der Waals surface area contributed by atoms with Gasteiger partial charge in [-0.15, -0.1) is 0 Å². The highest BCUT2D eigenvalue weighted by Crippen LogP contribution is 2.37. The largest absolute Gasteiger partial charge is 0.496 e. The average molecular weight is 398 g/mol. The van der Waals surface area contributed by atoms with Gasteiger partial charge in [-0.3, -0.25) is 9.36 Å². The van der Waals surface area contributed by atoms with Crippen molar-refractivity contribution in [3.63, 3.8) is 0 Å². The quantitative estimate of drug-likeness (QED) is 0.511. The number of hydrogen-bond donors (Lipinski definition) is 0. The Kier molecular flexibility index (Phi) is 4.67. The number of carbonyl (C=O) groups is 1. The number of hydrogen-bond acceptors (Lipinski definition) is 4. The number of methoxy groups -OCH3 is 1. The van der Waals surface area contributed by atoms with Gasteiger partial charge in [0.15, 0.2) is 0 Å². The van der Waals surface area contributed by atoms with Crippen molar-refractivity contribution in [1.29, 1.82) is 0 Å². The third-order valence-corrected chi connectivity index (χ3v) is 5.71. The van der Waals surface area contributed by atoms with Crippen molar-refractivity contribution in [3.8, 4) is 11.6 Å². The minimum Gasteiger partial charge on any atom is -0.496 e. The van der Waals surface area contributed by atoms with Gasteiger partial charge in [-0.05, 0) is 43.2 Å². The molecule has 3 heterocycles. The Labute approximate surface area is 174 Å². The maximum atomic E-state index is 13.3. The van der Waals surface area contributed by atoms with Gasteiger partial charge in [0.05, 0.1) is 29.7 Å². The average Bonchev–Trinajstić information content (AvgIpc) is 3.46. The smallest absolute Gasteiger partial charge is 0.255 e. The van der Waals surface area contributed by atoms with E-state index in [1.54, 1.807) is 19.6 Å². The molecule has 1 amide bonds. The molecule has 0 bridgehead atoms. The van der Waals surface area contributed by atoms with Crippen LogP contribution in [0.5, 0.6) is 5.75 Å². The maximum absolute atomic E-state index is 13.3. The van der Waals surface area contributed by atoms with Gasteiger partial charge in [0.25, 0.3) is 5.91 Å². The molecule has 150 valence electrons. The van der Waals surface area contributed by atoms with E-state index in [-0.39, 0.29) is 11.9 Å². The molecule has 0 radical (unpaired) electrons. The Morgan fingerprint density at radius 2 is 1.87 bits per heavy atom. The number of pyridine rings is 1. The van der Waals surface area contributed by atoms with Crippen molar-refractivity contribution in [3.05, 3.63) is 84.3 Å². The van der Waals surface area contributed by atoms with Crippen molar-refractivity contribution in [2.75, 3.05) is 13.7 Å². The number of ether oxygens (including phenoxy) is 1. The molecule has 4 aromatic rings. The molecule has 5 rings (SSSR count). The summed E-state index contributed by atoms with van der Waals surface area (Å²) in [5.41, 5.74) is 3.54. The summed E-state index contributed by atoms with van der Waals surface area (Å²) >= 11 is 0. The molecule has 6 heteroatoms. The minimum atomic E-state index is -0.00190. The van der Waals surface area contributed by atoms with Gasteiger partial charge in [0.2, 0.25) is 0 Å². The fourth-order valence-electron chi connectivity index (χ4n) is 4.24. The van der Waals surface area contributed by atoms with Gasteiger partial charge in [0.1, 0.15) is 17.9 Å². The van der Waals surface area contributed by atoms with Crippen LogP contribution >= 0.6 is 0 Å². The molecule has 1 atom stereocenters. The van der Waals surface area contributed by atoms with Crippen LogP contribution in [0.15, 0.2) is 73.2 Å². The highest BCUT2D eigenvalue weighted by Gasteiger charge is 2.32. The molecule has 1 saturated heterocycles. The molecule has 0 saturated carbocycles.